The first-order valence-corrected chi connectivity index (χ1v) is 15.0. The van der Waals surface area contributed by atoms with Gasteiger partial charge in [0, 0.05) is 17.1 Å². The number of hydrogen-bond acceptors (Lipinski definition) is 3. The number of hydrogen-bond donors (Lipinski definition) is 3. The molecule has 216 valence electrons. The molecule has 0 amide bonds. The molecule has 0 saturated heterocycles. The zero-order chi connectivity index (χ0) is 30.8. The first-order chi connectivity index (χ1) is 22.0. The molecular formula is C42H33N3. The lowest BCUT2D eigenvalue weighted by Crippen LogP contribution is -1.87. The number of benzene rings is 7. The van der Waals surface area contributed by atoms with Gasteiger partial charge in [-0.3, -0.25) is 0 Å². The molecule has 3 nitrogen and oxygen atoms in total. The molecule has 0 aliphatic heterocycles. The Hall–Kier alpha value is -6.06. The lowest BCUT2D eigenvalue weighted by atomic mass is 9.91. The van der Waals surface area contributed by atoms with Crippen LogP contribution in [0.5, 0.6) is 0 Å². The van der Waals surface area contributed by atoms with Gasteiger partial charge in [0.15, 0.2) is 0 Å². The van der Waals surface area contributed by atoms with Crippen molar-refractivity contribution in [2.24, 2.45) is 0 Å². The highest BCUT2D eigenvalue weighted by molar-refractivity contribution is 6.26. The minimum Gasteiger partial charge on any atom is -0.399 e. The SMILES string of the molecule is Nc1ccc(/C=C/c2ccc3c(c2)c2ccc(/C=C/c4ccc(N)cc4)cc2c2ccc(/C=C/c4ccc(N)cc4)cc32)cc1. The summed E-state index contributed by atoms with van der Waals surface area (Å²) in [6.45, 7) is 0. The van der Waals surface area contributed by atoms with Gasteiger partial charge in [-0.05, 0) is 120 Å². The molecule has 0 heterocycles. The third-order valence-corrected chi connectivity index (χ3v) is 8.22. The van der Waals surface area contributed by atoms with Crippen LogP contribution in [0, 0.1) is 0 Å². The third kappa shape index (κ3) is 6.06. The van der Waals surface area contributed by atoms with Crippen LogP contribution in [0.4, 0.5) is 17.1 Å². The second kappa shape index (κ2) is 11.9. The first-order valence-electron chi connectivity index (χ1n) is 15.0. The van der Waals surface area contributed by atoms with Crippen molar-refractivity contribution in [1.82, 2.24) is 0 Å². The molecular weight excluding hydrogens is 546 g/mol. The van der Waals surface area contributed by atoms with E-state index in [0.29, 0.717) is 0 Å². The largest absolute Gasteiger partial charge is 0.399 e. The molecule has 7 aromatic rings. The molecule has 3 heteroatoms. The minimum atomic E-state index is 0.765. The van der Waals surface area contributed by atoms with Crippen LogP contribution in [0.2, 0.25) is 0 Å². The molecule has 0 bridgehead atoms. The van der Waals surface area contributed by atoms with E-state index in [2.05, 4.69) is 91.1 Å². The standard InChI is InChI=1S/C42H33N3/c43-34-16-7-28(8-17-34)1-4-31-13-22-37-40(25-31)38-23-14-32(5-2-29-9-18-35(44)19-10-29)27-42(38)39-24-15-33(26-41(37)39)6-3-30-11-20-36(45)21-12-30/h1-27H,43-45H2/b4-1+,5-2+,6-3+. The highest BCUT2D eigenvalue weighted by Crippen LogP contribution is 2.37. The molecule has 45 heavy (non-hydrogen) atoms. The van der Waals surface area contributed by atoms with E-state index < -0.39 is 0 Å². The van der Waals surface area contributed by atoms with E-state index in [4.69, 9.17) is 17.2 Å². The number of anilines is 3. The predicted octanol–water partition coefficient (Wildman–Crippen LogP) is 10.4. The monoisotopic (exact) mass is 579 g/mol. The number of fused-ring (bicyclic) bond motifs is 6. The summed E-state index contributed by atoms with van der Waals surface area (Å²) < 4.78 is 0. The average molecular weight is 580 g/mol. The summed E-state index contributed by atoms with van der Waals surface area (Å²) in [5.74, 6) is 0. The fourth-order valence-corrected chi connectivity index (χ4v) is 5.77. The van der Waals surface area contributed by atoms with Crippen molar-refractivity contribution in [3.8, 4) is 0 Å². The molecule has 6 N–H and O–H groups in total. The molecule has 0 radical (unpaired) electrons. The molecule has 0 unspecified atom stereocenters. The highest BCUT2D eigenvalue weighted by atomic mass is 14.5. The Kier molecular flexibility index (Phi) is 7.34. The fraction of sp³-hybridized carbons (Fsp3) is 0. The van der Waals surface area contributed by atoms with Gasteiger partial charge in [0.1, 0.15) is 0 Å². The molecule has 0 aliphatic rings. The Morgan fingerprint density at radius 1 is 0.244 bits per heavy atom. The number of nitrogens with two attached hydrogens (primary N) is 3. The average Bonchev–Trinajstić information content (AvgIpc) is 3.07. The van der Waals surface area contributed by atoms with E-state index in [-0.39, 0.29) is 0 Å². The maximum Gasteiger partial charge on any atom is 0.0314 e. The van der Waals surface area contributed by atoms with E-state index >= 15 is 0 Å². The van der Waals surface area contributed by atoms with Gasteiger partial charge < -0.3 is 17.2 Å². The van der Waals surface area contributed by atoms with E-state index in [1.165, 1.54) is 32.3 Å². The van der Waals surface area contributed by atoms with Gasteiger partial charge in [0.25, 0.3) is 0 Å². The molecule has 0 aromatic heterocycles. The zero-order valence-electron chi connectivity index (χ0n) is 24.8. The van der Waals surface area contributed by atoms with Crippen LogP contribution in [-0.2, 0) is 0 Å². The van der Waals surface area contributed by atoms with Gasteiger partial charge in [-0.2, -0.15) is 0 Å². The summed E-state index contributed by atoms with van der Waals surface area (Å²) in [5.41, 5.74) is 26.7. The van der Waals surface area contributed by atoms with Crippen molar-refractivity contribution < 1.29 is 0 Å². The van der Waals surface area contributed by atoms with Crippen LogP contribution in [0.15, 0.2) is 127 Å². The molecule has 0 saturated carbocycles. The fourth-order valence-electron chi connectivity index (χ4n) is 5.77. The summed E-state index contributed by atoms with van der Waals surface area (Å²) in [5, 5.41) is 7.38. The van der Waals surface area contributed by atoms with Crippen molar-refractivity contribution in [3.05, 3.63) is 161 Å². The molecule has 0 fully saturated rings. The highest BCUT2D eigenvalue weighted by Gasteiger charge is 2.10. The number of rotatable bonds is 6. The maximum absolute atomic E-state index is 5.88. The zero-order valence-corrected chi connectivity index (χ0v) is 24.8. The summed E-state index contributed by atoms with van der Waals surface area (Å²) in [4.78, 5) is 0. The van der Waals surface area contributed by atoms with E-state index in [1.807, 2.05) is 72.8 Å². The minimum absolute atomic E-state index is 0.765. The van der Waals surface area contributed by atoms with Gasteiger partial charge >= 0.3 is 0 Å². The van der Waals surface area contributed by atoms with Gasteiger partial charge in [0.2, 0.25) is 0 Å². The van der Waals surface area contributed by atoms with Gasteiger partial charge in [-0.15, -0.1) is 0 Å². The second-order valence-electron chi connectivity index (χ2n) is 11.4. The third-order valence-electron chi connectivity index (χ3n) is 8.22. The Labute approximate surface area is 263 Å². The van der Waals surface area contributed by atoms with E-state index in [0.717, 1.165) is 50.4 Å². The van der Waals surface area contributed by atoms with Gasteiger partial charge in [-0.25, -0.2) is 0 Å². The Morgan fingerprint density at radius 3 is 0.733 bits per heavy atom. The smallest absolute Gasteiger partial charge is 0.0314 e. The van der Waals surface area contributed by atoms with Crippen molar-refractivity contribution >= 4 is 85.8 Å². The maximum atomic E-state index is 5.88. The summed E-state index contributed by atoms with van der Waals surface area (Å²) in [7, 11) is 0. The van der Waals surface area contributed by atoms with Crippen molar-refractivity contribution in [2.45, 2.75) is 0 Å². The predicted molar refractivity (Wildman–Crippen MR) is 198 cm³/mol. The molecule has 0 aliphatic carbocycles. The van der Waals surface area contributed by atoms with Crippen LogP contribution in [0.3, 0.4) is 0 Å². The van der Waals surface area contributed by atoms with Crippen molar-refractivity contribution in [1.29, 1.82) is 0 Å². The Balaban J connectivity index is 1.36. The van der Waals surface area contributed by atoms with Crippen LogP contribution in [0.1, 0.15) is 33.4 Å². The van der Waals surface area contributed by atoms with E-state index in [9.17, 15) is 0 Å². The number of nitrogen functional groups attached to an aromatic ring is 3. The second-order valence-corrected chi connectivity index (χ2v) is 11.4. The van der Waals surface area contributed by atoms with Crippen LogP contribution >= 0.6 is 0 Å². The Morgan fingerprint density at radius 2 is 0.467 bits per heavy atom. The molecule has 0 atom stereocenters. The quantitative estimate of drug-likeness (QED) is 0.104. The van der Waals surface area contributed by atoms with Crippen LogP contribution in [0.25, 0.3) is 68.8 Å². The summed E-state index contributed by atoms with van der Waals surface area (Å²) in [6.07, 6.45) is 12.9. The van der Waals surface area contributed by atoms with E-state index in [1.54, 1.807) is 0 Å². The van der Waals surface area contributed by atoms with Crippen molar-refractivity contribution in [3.63, 3.8) is 0 Å². The van der Waals surface area contributed by atoms with Gasteiger partial charge in [-0.1, -0.05) is 109 Å². The topological polar surface area (TPSA) is 78.1 Å². The van der Waals surface area contributed by atoms with Crippen LogP contribution < -0.4 is 17.2 Å². The normalized spacial score (nSPS) is 12.0. The molecule has 7 aromatic carbocycles. The Bertz CT molecular complexity index is 1960. The summed E-state index contributed by atoms with van der Waals surface area (Å²) >= 11 is 0. The summed E-state index contributed by atoms with van der Waals surface area (Å²) in [6, 6.07) is 44.0. The first kappa shape index (κ1) is 27.8. The molecule has 7 rings (SSSR count). The van der Waals surface area contributed by atoms with Crippen molar-refractivity contribution in [2.75, 3.05) is 17.2 Å². The lowest BCUT2D eigenvalue weighted by molar-refractivity contribution is 1.64. The lowest BCUT2D eigenvalue weighted by Gasteiger charge is -2.13. The van der Waals surface area contributed by atoms with Gasteiger partial charge in [0.05, 0.1) is 0 Å². The molecule has 0 spiro atoms. The van der Waals surface area contributed by atoms with Crippen LogP contribution in [-0.4, -0.2) is 0 Å².